The molecule has 0 spiro atoms. The molecule has 0 saturated heterocycles. The van der Waals surface area contributed by atoms with Crippen LogP contribution in [0.1, 0.15) is 51.3 Å². The molecule has 1 heteroatoms. The monoisotopic (exact) mass is 917 g/mol. The molecule has 0 N–H and O–H groups in total. The van der Waals surface area contributed by atoms with Crippen LogP contribution in [-0.4, -0.2) is 0 Å². The Morgan fingerprint density at radius 3 is 1.46 bits per heavy atom. The van der Waals surface area contributed by atoms with Crippen molar-refractivity contribution in [1.82, 2.24) is 0 Å². The second-order valence-electron chi connectivity index (χ2n) is 19.1. The van der Waals surface area contributed by atoms with Gasteiger partial charge in [-0.05, 0) is 120 Å². The van der Waals surface area contributed by atoms with Crippen LogP contribution >= 0.6 is 0 Å². The highest BCUT2D eigenvalue weighted by Crippen LogP contribution is 2.57. The fourth-order valence-corrected chi connectivity index (χ4v) is 11.9. The van der Waals surface area contributed by atoms with Gasteiger partial charge in [0, 0.05) is 22.7 Å². The third-order valence-electron chi connectivity index (χ3n) is 15.2. The van der Waals surface area contributed by atoms with Crippen molar-refractivity contribution < 1.29 is 0 Å². The first-order valence-corrected chi connectivity index (χ1v) is 25.2. The number of para-hydroxylation sites is 2. The largest absolute Gasteiger partial charge is 0.309 e. The lowest BCUT2D eigenvalue weighted by molar-refractivity contribution is 0.769. The van der Waals surface area contributed by atoms with Gasteiger partial charge in [0.15, 0.2) is 0 Å². The van der Waals surface area contributed by atoms with Gasteiger partial charge in [-0.3, -0.25) is 0 Å². The molecule has 0 amide bonds. The molecule has 2 aliphatic rings. The maximum absolute atomic E-state index is 2.51. The number of rotatable bonds is 10. The van der Waals surface area contributed by atoms with Crippen LogP contribution < -0.4 is 4.90 Å². The van der Waals surface area contributed by atoms with Gasteiger partial charge in [-0.15, -0.1) is 0 Å². The Hall–Kier alpha value is -9.04. The van der Waals surface area contributed by atoms with E-state index >= 15 is 0 Å². The molecule has 0 fully saturated rings. The SMILES string of the molecule is C1=Cc2cccc(-c3ccccc3N(c3ccc(-c4ccc(-c5ccccc5)cc4)cc3)c3ccccc3-c3ccc4c(c3)C(c3ccccc3)(c3ccccc3)c3ccccc3-4)c2C(c2ccccc2)C1. The van der Waals surface area contributed by atoms with E-state index in [1.165, 1.54) is 83.5 Å². The van der Waals surface area contributed by atoms with Crippen LogP contribution in [-0.2, 0) is 5.41 Å². The van der Waals surface area contributed by atoms with Gasteiger partial charge < -0.3 is 4.90 Å². The number of benzene rings is 11. The minimum Gasteiger partial charge on any atom is -0.309 e. The van der Waals surface area contributed by atoms with E-state index in [2.05, 4.69) is 296 Å². The normalized spacial score (nSPS) is 14.0. The second kappa shape index (κ2) is 18.4. The molecule has 72 heavy (non-hydrogen) atoms. The predicted octanol–water partition coefficient (Wildman–Crippen LogP) is 18.7. The summed E-state index contributed by atoms with van der Waals surface area (Å²) in [7, 11) is 0. The zero-order valence-electron chi connectivity index (χ0n) is 39.9. The zero-order chi connectivity index (χ0) is 47.8. The van der Waals surface area contributed by atoms with Gasteiger partial charge in [-0.2, -0.15) is 0 Å². The van der Waals surface area contributed by atoms with Gasteiger partial charge >= 0.3 is 0 Å². The number of anilines is 3. The molecule has 11 aromatic carbocycles. The smallest absolute Gasteiger partial charge is 0.0713 e. The molecular weight excluding hydrogens is 867 g/mol. The predicted molar refractivity (Wildman–Crippen MR) is 302 cm³/mol. The van der Waals surface area contributed by atoms with E-state index in [1.54, 1.807) is 0 Å². The summed E-state index contributed by atoms with van der Waals surface area (Å²) in [5.41, 5.74) is 24.0. The van der Waals surface area contributed by atoms with Crippen molar-refractivity contribution in [2.75, 3.05) is 4.90 Å². The third-order valence-corrected chi connectivity index (χ3v) is 15.2. The topological polar surface area (TPSA) is 3.24 Å². The molecule has 1 nitrogen and oxygen atoms in total. The van der Waals surface area contributed by atoms with Crippen LogP contribution in [0.4, 0.5) is 17.1 Å². The van der Waals surface area contributed by atoms with Gasteiger partial charge in [0.2, 0.25) is 0 Å². The molecule has 0 bridgehead atoms. The summed E-state index contributed by atoms with van der Waals surface area (Å²) in [5.74, 6) is 0.230. The van der Waals surface area contributed by atoms with Gasteiger partial charge in [-0.1, -0.05) is 261 Å². The van der Waals surface area contributed by atoms with Crippen molar-refractivity contribution in [3.63, 3.8) is 0 Å². The molecule has 0 heterocycles. The number of fused-ring (bicyclic) bond motifs is 4. The fourth-order valence-electron chi connectivity index (χ4n) is 11.9. The van der Waals surface area contributed by atoms with Crippen molar-refractivity contribution in [3.05, 3.63) is 324 Å². The number of nitrogens with zero attached hydrogens (tertiary/aromatic N) is 1. The van der Waals surface area contributed by atoms with E-state index in [1.807, 2.05) is 0 Å². The van der Waals surface area contributed by atoms with Crippen LogP contribution in [0, 0.1) is 0 Å². The van der Waals surface area contributed by atoms with E-state index in [4.69, 9.17) is 0 Å². The van der Waals surface area contributed by atoms with Gasteiger partial charge in [0.05, 0.1) is 16.8 Å². The van der Waals surface area contributed by atoms with Crippen LogP contribution in [0.2, 0.25) is 0 Å². The average molecular weight is 918 g/mol. The minimum atomic E-state index is -0.517. The Morgan fingerprint density at radius 2 is 0.806 bits per heavy atom. The molecule has 13 rings (SSSR count). The van der Waals surface area contributed by atoms with Crippen molar-refractivity contribution in [2.24, 2.45) is 0 Å². The summed E-state index contributed by atoms with van der Waals surface area (Å²) in [6.07, 6.45) is 5.61. The highest BCUT2D eigenvalue weighted by atomic mass is 15.1. The first-order valence-electron chi connectivity index (χ1n) is 25.2. The number of allylic oxidation sites excluding steroid dienone is 1. The van der Waals surface area contributed by atoms with E-state index in [9.17, 15) is 0 Å². The van der Waals surface area contributed by atoms with Gasteiger partial charge in [0.25, 0.3) is 0 Å². The summed E-state index contributed by atoms with van der Waals surface area (Å²) in [6, 6.07) is 103. The van der Waals surface area contributed by atoms with Gasteiger partial charge in [0.1, 0.15) is 0 Å². The Bertz CT molecular complexity index is 3700. The lowest BCUT2D eigenvalue weighted by Crippen LogP contribution is -2.28. The van der Waals surface area contributed by atoms with Crippen LogP contribution in [0.5, 0.6) is 0 Å². The van der Waals surface area contributed by atoms with Crippen molar-refractivity contribution in [2.45, 2.75) is 17.8 Å². The standard InChI is InChI=1S/C71H51N/c1-5-21-50(22-6-1)51-39-41-52(42-40-51)53-43-46-59(47-44-53)72(69-38-18-15-33-64(69)65-35-20-26-55-25-19-34-61(70(55)65)54-23-7-2-8-24-54)68-37-17-14-31-60(68)56-45-48-63-62-32-13-16-36-66(62)71(67(63)49-56,57-27-9-3-10-28-57)58-29-11-4-12-30-58/h1-33,35-49,61H,34H2. The lowest BCUT2D eigenvalue weighted by atomic mass is 9.67. The second-order valence-corrected chi connectivity index (χ2v) is 19.1. The van der Waals surface area contributed by atoms with E-state index < -0.39 is 5.41 Å². The summed E-state index contributed by atoms with van der Waals surface area (Å²) in [4.78, 5) is 2.51. The van der Waals surface area contributed by atoms with E-state index in [0.29, 0.717) is 0 Å². The molecule has 1 atom stereocenters. The summed E-state index contributed by atoms with van der Waals surface area (Å²) >= 11 is 0. The molecule has 340 valence electrons. The third kappa shape index (κ3) is 7.33. The van der Waals surface area contributed by atoms with Gasteiger partial charge in [-0.25, -0.2) is 0 Å². The molecule has 11 aromatic rings. The molecular formula is C71H51N. The molecule has 0 aliphatic heterocycles. The summed E-state index contributed by atoms with van der Waals surface area (Å²) < 4.78 is 0. The Balaban J connectivity index is 1.01. The van der Waals surface area contributed by atoms with Crippen LogP contribution in [0.15, 0.2) is 285 Å². The highest BCUT2D eigenvalue weighted by molar-refractivity contribution is 5.96. The fraction of sp³-hybridized carbons (Fsp3) is 0.0423. The quantitative estimate of drug-likeness (QED) is 0.132. The van der Waals surface area contributed by atoms with E-state index in [0.717, 1.165) is 34.6 Å². The first kappa shape index (κ1) is 43.0. The maximum atomic E-state index is 2.51. The summed E-state index contributed by atoms with van der Waals surface area (Å²) in [6.45, 7) is 0. The van der Waals surface area contributed by atoms with Crippen molar-refractivity contribution in [3.8, 4) is 55.6 Å². The first-order chi connectivity index (χ1) is 35.7. The maximum Gasteiger partial charge on any atom is 0.0713 e. The Kier molecular flexibility index (Phi) is 11.0. The van der Waals surface area contributed by atoms with Crippen LogP contribution in [0.3, 0.4) is 0 Å². The molecule has 1 unspecified atom stereocenters. The van der Waals surface area contributed by atoms with Crippen molar-refractivity contribution in [1.29, 1.82) is 0 Å². The molecule has 0 radical (unpaired) electrons. The Morgan fingerprint density at radius 1 is 0.333 bits per heavy atom. The average Bonchev–Trinajstić information content (AvgIpc) is 3.77. The lowest BCUT2D eigenvalue weighted by Gasteiger charge is -2.34. The molecule has 0 saturated carbocycles. The number of hydrogen-bond acceptors (Lipinski definition) is 1. The van der Waals surface area contributed by atoms with Crippen LogP contribution in [0.25, 0.3) is 61.7 Å². The molecule has 2 aliphatic carbocycles. The Labute approximate surface area is 423 Å². The highest BCUT2D eigenvalue weighted by Gasteiger charge is 2.46. The molecule has 0 aromatic heterocycles. The minimum absolute atomic E-state index is 0.230. The summed E-state index contributed by atoms with van der Waals surface area (Å²) in [5, 5.41) is 0. The number of hydrogen-bond donors (Lipinski definition) is 0. The zero-order valence-corrected chi connectivity index (χ0v) is 39.9. The van der Waals surface area contributed by atoms with E-state index in [-0.39, 0.29) is 5.92 Å². The van der Waals surface area contributed by atoms with Crippen molar-refractivity contribution >= 4 is 23.1 Å².